The molecule has 2 aromatic carbocycles. The summed E-state index contributed by atoms with van der Waals surface area (Å²) >= 11 is 6.65. The van der Waals surface area contributed by atoms with Gasteiger partial charge in [0.1, 0.15) is 18.1 Å². The summed E-state index contributed by atoms with van der Waals surface area (Å²) in [5.74, 6) is -4.51. The standard InChI is InChI=1S/C28H21ClN2O10S/c1-2-7-40-27(38)19-11-17(3-5-20(19)29)30-23(32)13-31-24(33)22(42-28(31)39)12-18-4-6-21(41-18)14-8-15(25(34)35)10-16(9-14)26(36)37/h3-6,8-12H,2,7,13H2,1H3,(H,30,32)(H,34,35)(H,36,37)/b22-12+. The molecule has 216 valence electrons. The van der Waals surface area contributed by atoms with Gasteiger partial charge in [0.2, 0.25) is 5.91 Å². The van der Waals surface area contributed by atoms with Crippen molar-refractivity contribution in [1.29, 1.82) is 0 Å². The van der Waals surface area contributed by atoms with Gasteiger partial charge in [0.05, 0.1) is 33.2 Å². The molecule has 0 aliphatic carbocycles. The Morgan fingerprint density at radius 1 is 1.02 bits per heavy atom. The first-order valence-corrected chi connectivity index (χ1v) is 13.4. The number of aromatic carboxylic acids is 2. The van der Waals surface area contributed by atoms with Gasteiger partial charge < -0.3 is 24.7 Å². The number of halogens is 1. The van der Waals surface area contributed by atoms with E-state index in [4.69, 9.17) is 20.8 Å². The van der Waals surface area contributed by atoms with Gasteiger partial charge in [0.15, 0.2) is 0 Å². The van der Waals surface area contributed by atoms with Gasteiger partial charge in [-0.05, 0) is 66.7 Å². The Morgan fingerprint density at radius 2 is 1.71 bits per heavy atom. The molecular formula is C28H21ClN2O10S. The van der Waals surface area contributed by atoms with E-state index < -0.39 is 41.5 Å². The van der Waals surface area contributed by atoms with Crippen molar-refractivity contribution in [3.05, 3.63) is 80.9 Å². The van der Waals surface area contributed by atoms with E-state index in [0.717, 1.165) is 11.0 Å². The second kappa shape index (κ2) is 12.7. The molecular weight excluding hydrogens is 592 g/mol. The SMILES string of the molecule is CCCOC(=O)c1cc(NC(=O)CN2C(=O)S/C(=C/c3ccc(-c4cc(C(=O)O)cc(C(=O)O)c4)o3)C2=O)ccc1Cl. The summed E-state index contributed by atoms with van der Waals surface area (Å²) in [7, 11) is 0. The lowest BCUT2D eigenvalue weighted by Gasteiger charge is -2.13. The van der Waals surface area contributed by atoms with Gasteiger partial charge >= 0.3 is 17.9 Å². The van der Waals surface area contributed by atoms with Gasteiger partial charge in [-0.1, -0.05) is 18.5 Å². The van der Waals surface area contributed by atoms with Gasteiger partial charge in [0.25, 0.3) is 11.1 Å². The summed E-state index contributed by atoms with van der Waals surface area (Å²) in [5.41, 5.74) is -0.0806. The molecule has 2 heterocycles. The van der Waals surface area contributed by atoms with Crippen LogP contribution in [-0.2, 0) is 14.3 Å². The number of carboxylic acid groups (broad SMARTS) is 2. The Kier molecular flexibility index (Phi) is 9.13. The second-order valence-corrected chi connectivity index (χ2v) is 10.2. The summed E-state index contributed by atoms with van der Waals surface area (Å²) in [6.07, 6.45) is 1.89. The molecule has 0 radical (unpaired) electrons. The minimum absolute atomic E-state index is 0.0355. The summed E-state index contributed by atoms with van der Waals surface area (Å²) in [4.78, 5) is 73.7. The van der Waals surface area contributed by atoms with Crippen molar-refractivity contribution in [3.63, 3.8) is 0 Å². The fourth-order valence-electron chi connectivity index (χ4n) is 3.74. The molecule has 4 rings (SSSR count). The number of nitrogens with one attached hydrogen (secondary N) is 1. The van der Waals surface area contributed by atoms with E-state index in [1.165, 1.54) is 48.5 Å². The first kappa shape index (κ1) is 30.1. The van der Waals surface area contributed by atoms with Crippen molar-refractivity contribution in [1.82, 2.24) is 4.90 Å². The molecule has 0 unspecified atom stereocenters. The molecule has 14 heteroatoms. The van der Waals surface area contributed by atoms with Crippen molar-refractivity contribution in [3.8, 4) is 11.3 Å². The van der Waals surface area contributed by atoms with Gasteiger partial charge in [-0.25, -0.2) is 14.4 Å². The van der Waals surface area contributed by atoms with Crippen molar-refractivity contribution in [2.45, 2.75) is 13.3 Å². The number of thioether (sulfide) groups is 1. The maximum atomic E-state index is 12.9. The van der Waals surface area contributed by atoms with Gasteiger partial charge in [-0.15, -0.1) is 0 Å². The molecule has 1 aliphatic heterocycles. The first-order chi connectivity index (χ1) is 20.0. The minimum atomic E-state index is -1.32. The normalized spacial score (nSPS) is 13.9. The lowest BCUT2D eigenvalue weighted by atomic mass is 10.0. The highest BCUT2D eigenvalue weighted by Gasteiger charge is 2.36. The molecule has 3 amide bonds. The zero-order valence-corrected chi connectivity index (χ0v) is 23.3. The van der Waals surface area contributed by atoms with Gasteiger partial charge in [0, 0.05) is 17.3 Å². The molecule has 1 aliphatic rings. The summed E-state index contributed by atoms with van der Waals surface area (Å²) in [5, 5.41) is 20.5. The number of anilines is 1. The number of nitrogens with zero attached hydrogens (tertiary/aromatic N) is 1. The number of ether oxygens (including phenoxy) is 1. The van der Waals surface area contributed by atoms with E-state index in [0.29, 0.717) is 18.2 Å². The van der Waals surface area contributed by atoms with Crippen LogP contribution in [0.15, 0.2) is 57.9 Å². The molecule has 1 aromatic heterocycles. The Morgan fingerprint density at radius 3 is 2.36 bits per heavy atom. The average molecular weight is 613 g/mol. The number of rotatable bonds is 10. The number of hydrogen-bond acceptors (Lipinski definition) is 9. The van der Waals surface area contributed by atoms with E-state index in [1.807, 2.05) is 6.92 Å². The third-order valence-corrected chi connectivity index (χ3v) is 6.93. The van der Waals surface area contributed by atoms with Crippen molar-refractivity contribution < 1.29 is 48.1 Å². The molecule has 12 nitrogen and oxygen atoms in total. The van der Waals surface area contributed by atoms with Gasteiger partial charge in [-0.2, -0.15) is 0 Å². The van der Waals surface area contributed by atoms with Crippen LogP contribution in [0.1, 0.15) is 50.2 Å². The van der Waals surface area contributed by atoms with Crippen molar-refractivity contribution in [2.75, 3.05) is 18.5 Å². The fraction of sp³-hybridized carbons (Fsp3) is 0.143. The van der Waals surface area contributed by atoms with E-state index >= 15 is 0 Å². The van der Waals surface area contributed by atoms with Gasteiger partial charge in [-0.3, -0.25) is 19.3 Å². The van der Waals surface area contributed by atoms with Crippen LogP contribution in [0, 0.1) is 0 Å². The molecule has 0 bridgehead atoms. The molecule has 0 spiro atoms. The largest absolute Gasteiger partial charge is 0.478 e. The number of hydrogen-bond donors (Lipinski definition) is 3. The fourth-order valence-corrected chi connectivity index (χ4v) is 4.76. The Bertz CT molecular complexity index is 1630. The summed E-state index contributed by atoms with van der Waals surface area (Å²) in [6.45, 7) is 1.42. The monoisotopic (exact) mass is 612 g/mol. The Balaban J connectivity index is 1.46. The van der Waals surface area contributed by atoms with Crippen molar-refractivity contribution in [2.24, 2.45) is 0 Å². The predicted molar refractivity (Wildman–Crippen MR) is 151 cm³/mol. The summed E-state index contributed by atoms with van der Waals surface area (Å²) < 4.78 is 10.7. The lowest BCUT2D eigenvalue weighted by molar-refractivity contribution is -0.127. The van der Waals surface area contributed by atoms with Crippen LogP contribution in [-0.4, -0.2) is 63.2 Å². The zero-order valence-electron chi connectivity index (χ0n) is 21.7. The highest BCUT2D eigenvalue weighted by Crippen LogP contribution is 2.34. The molecule has 42 heavy (non-hydrogen) atoms. The van der Waals surface area contributed by atoms with Crippen LogP contribution in [0.25, 0.3) is 17.4 Å². The second-order valence-electron chi connectivity index (χ2n) is 8.76. The van der Waals surface area contributed by atoms with E-state index in [1.54, 1.807) is 0 Å². The van der Waals surface area contributed by atoms with Crippen LogP contribution < -0.4 is 5.32 Å². The number of benzene rings is 2. The molecule has 3 N–H and O–H groups in total. The van der Waals surface area contributed by atoms with Crippen LogP contribution in [0.2, 0.25) is 5.02 Å². The quantitative estimate of drug-likeness (QED) is 0.201. The number of carbonyl (C=O) groups excluding carboxylic acids is 4. The predicted octanol–water partition coefficient (Wildman–Crippen LogP) is 5.24. The topological polar surface area (TPSA) is 181 Å². The van der Waals surface area contributed by atoms with Crippen LogP contribution >= 0.6 is 23.4 Å². The number of imide groups is 1. The highest BCUT2D eigenvalue weighted by atomic mass is 35.5. The highest BCUT2D eigenvalue weighted by molar-refractivity contribution is 8.18. The number of carbonyl (C=O) groups is 6. The Hall–Kier alpha value is -4.88. The third kappa shape index (κ3) is 6.87. The first-order valence-electron chi connectivity index (χ1n) is 12.2. The van der Waals surface area contributed by atoms with Crippen molar-refractivity contribution >= 4 is 70.1 Å². The van der Waals surface area contributed by atoms with E-state index in [2.05, 4.69) is 5.32 Å². The Labute approximate surface area is 246 Å². The molecule has 0 atom stereocenters. The van der Waals surface area contributed by atoms with E-state index in [-0.39, 0.29) is 56.0 Å². The number of furan rings is 1. The molecule has 3 aromatic rings. The lowest BCUT2D eigenvalue weighted by Crippen LogP contribution is -2.36. The molecule has 1 fully saturated rings. The summed E-state index contributed by atoms with van der Waals surface area (Å²) in [6, 6.07) is 10.6. The zero-order chi connectivity index (χ0) is 30.6. The van der Waals surface area contributed by atoms with Crippen LogP contribution in [0.3, 0.4) is 0 Å². The maximum absolute atomic E-state index is 12.9. The average Bonchev–Trinajstić information content (AvgIpc) is 3.52. The number of carboxylic acids is 2. The minimum Gasteiger partial charge on any atom is -0.478 e. The van der Waals surface area contributed by atoms with E-state index in [9.17, 15) is 39.0 Å². The van der Waals surface area contributed by atoms with Crippen LogP contribution in [0.4, 0.5) is 10.5 Å². The maximum Gasteiger partial charge on any atom is 0.339 e. The smallest absolute Gasteiger partial charge is 0.339 e. The molecule has 0 saturated carbocycles. The number of esters is 1. The third-order valence-electron chi connectivity index (χ3n) is 5.69. The number of amides is 3. The molecule has 1 saturated heterocycles. The van der Waals surface area contributed by atoms with Crippen LogP contribution in [0.5, 0.6) is 0 Å².